The number of carbonyl (C=O) groups excluding carboxylic acids is 1. The Balaban J connectivity index is 1.49. The first-order valence-corrected chi connectivity index (χ1v) is 8.83. The van der Waals surface area contributed by atoms with Crippen LogP contribution in [0, 0.1) is 5.92 Å². The highest BCUT2D eigenvalue weighted by atomic mass is 16.5. The molecule has 1 saturated carbocycles. The molecule has 0 bridgehead atoms. The minimum atomic E-state index is 0.285. The Morgan fingerprint density at radius 1 is 1.00 bits per heavy atom. The molecule has 2 aromatic rings. The van der Waals surface area contributed by atoms with Gasteiger partial charge in [0.1, 0.15) is 0 Å². The van der Waals surface area contributed by atoms with Gasteiger partial charge in [0.15, 0.2) is 5.78 Å². The van der Waals surface area contributed by atoms with Crippen molar-refractivity contribution in [1.29, 1.82) is 0 Å². The molecule has 0 unspecified atom stereocenters. The molecule has 1 heterocycles. The van der Waals surface area contributed by atoms with Gasteiger partial charge in [-0.3, -0.25) is 9.69 Å². The molecule has 0 aromatic heterocycles. The van der Waals surface area contributed by atoms with Crippen molar-refractivity contribution in [3.05, 3.63) is 59.7 Å². The monoisotopic (exact) mass is 321 g/mol. The third kappa shape index (κ3) is 3.58. The molecular weight excluding hydrogens is 298 g/mol. The zero-order valence-corrected chi connectivity index (χ0v) is 13.9. The number of morpholine rings is 1. The van der Waals surface area contributed by atoms with Crippen LogP contribution >= 0.6 is 0 Å². The third-order valence-electron chi connectivity index (χ3n) is 4.89. The highest BCUT2D eigenvalue weighted by Gasteiger charge is 2.30. The summed E-state index contributed by atoms with van der Waals surface area (Å²) in [5.41, 5.74) is 4.57. The number of rotatable bonds is 5. The van der Waals surface area contributed by atoms with Crippen LogP contribution in [0.3, 0.4) is 0 Å². The van der Waals surface area contributed by atoms with Crippen LogP contribution in [-0.4, -0.2) is 37.0 Å². The highest BCUT2D eigenvalue weighted by molar-refractivity contribution is 5.99. The summed E-state index contributed by atoms with van der Waals surface area (Å²) in [6.07, 6.45) is 2.12. The summed E-state index contributed by atoms with van der Waals surface area (Å²) in [6, 6.07) is 16.8. The molecule has 3 nitrogen and oxygen atoms in total. The van der Waals surface area contributed by atoms with Gasteiger partial charge in [-0.25, -0.2) is 0 Å². The van der Waals surface area contributed by atoms with Gasteiger partial charge in [0.05, 0.1) is 13.2 Å². The van der Waals surface area contributed by atoms with Crippen LogP contribution in [0.1, 0.15) is 28.8 Å². The average Bonchev–Trinajstić information content (AvgIpc) is 3.48. The fraction of sp³-hybridized carbons (Fsp3) is 0.381. The SMILES string of the molecule is O=C(c1ccc(-c2cccc(CN3CCOCC3)c2)cc1)C1CC1. The lowest BCUT2D eigenvalue weighted by molar-refractivity contribution is 0.0342. The molecular formula is C21H23NO2. The molecule has 0 N–H and O–H groups in total. The van der Waals surface area contributed by atoms with Gasteiger partial charge in [0, 0.05) is 31.1 Å². The van der Waals surface area contributed by atoms with E-state index in [-0.39, 0.29) is 5.92 Å². The topological polar surface area (TPSA) is 29.5 Å². The Hall–Kier alpha value is -1.97. The Kier molecular flexibility index (Phi) is 4.46. The summed E-state index contributed by atoms with van der Waals surface area (Å²) in [7, 11) is 0. The fourth-order valence-corrected chi connectivity index (χ4v) is 3.27. The Labute approximate surface area is 143 Å². The van der Waals surface area contributed by atoms with Gasteiger partial charge in [-0.15, -0.1) is 0 Å². The van der Waals surface area contributed by atoms with Crippen LogP contribution in [0.5, 0.6) is 0 Å². The number of benzene rings is 2. The van der Waals surface area contributed by atoms with E-state index in [2.05, 4.69) is 41.3 Å². The number of ketones is 1. The Morgan fingerprint density at radius 3 is 2.46 bits per heavy atom. The van der Waals surface area contributed by atoms with Crippen molar-refractivity contribution >= 4 is 5.78 Å². The second-order valence-corrected chi connectivity index (χ2v) is 6.80. The molecule has 1 aliphatic carbocycles. The summed E-state index contributed by atoms with van der Waals surface area (Å²) >= 11 is 0. The molecule has 0 atom stereocenters. The Bertz CT molecular complexity index is 713. The van der Waals surface area contributed by atoms with Gasteiger partial charge in [0.2, 0.25) is 0 Å². The smallest absolute Gasteiger partial charge is 0.165 e. The van der Waals surface area contributed by atoms with Crippen LogP contribution in [0.15, 0.2) is 48.5 Å². The van der Waals surface area contributed by atoms with Crippen LogP contribution in [0.4, 0.5) is 0 Å². The molecule has 2 aromatic carbocycles. The zero-order chi connectivity index (χ0) is 16.4. The second kappa shape index (κ2) is 6.88. The number of nitrogens with zero attached hydrogens (tertiary/aromatic N) is 1. The predicted molar refractivity (Wildman–Crippen MR) is 95.0 cm³/mol. The summed E-state index contributed by atoms with van der Waals surface area (Å²) in [5.74, 6) is 0.593. The molecule has 2 aliphatic rings. The van der Waals surface area contributed by atoms with E-state index in [4.69, 9.17) is 4.74 Å². The largest absolute Gasteiger partial charge is 0.379 e. The molecule has 124 valence electrons. The van der Waals surface area contributed by atoms with Crippen molar-refractivity contribution in [2.75, 3.05) is 26.3 Å². The molecule has 0 radical (unpaired) electrons. The first-order chi connectivity index (χ1) is 11.8. The maximum absolute atomic E-state index is 12.1. The van der Waals surface area contributed by atoms with Crippen LogP contribution < -0.4 is 0 Å². The molecule has 2 fully saturated rings. The zero-order valence-electron chi connectivity index (χ0n) is 13.9. The van der Waals surface area contributed by atoms with Gasteiger partial charge in [-0.2, -0.15) is 0 Å². The normalized spacial score (nSPS) is 18.5. The summed E-state index contributed by atoms with van der Waals surface area (Å²) < 4.78 is 5.41. The number of hydrogen-bond acceptors (Lipinski definition) is 3. The molecule has 0 spiro atoms. The number of hydrogen-bond donors (Lipinski definition) is 0. The van der Waals surface area contributed by atoms with E-state index in [9.17, 15) is 4.79 Å². The lowest BCUT2D eigenvalue weighted by Gasteiger charge is -2.26. The van der Waals surface area contributed by atoms with Gasteiger partial charge < -0.3 is 4.74 Å². The quantitative estimate of drug-likeness (QED) is 0.785. The maximum atomic E-state index is 12.1. The highest BCUT2D eigenvalue weighted by Crippen LogP contribution is 2.33. The summed E-state index contributed by atoms with van der Waals surface area (Å²) in [6.45, 7) is 4.63. The third-order valence-corrected chi connectivity index (χ3v) is 4.89. The number of carbonyl (C=O) groups is 1. The van der Waals surface area contributed by atoms with Crippen molar-refractivity contribution < 1.29 is 9.53 Å². The van der Waals surface area contributed by atoms with Crippen molar-refractivity contribution in [2.45, 2.75) is 19.4 Å². The van der Waals surface area contributed by atoms with Crippen molar-refractivity contribution in [1.82, 2.24) is 4.90 Å². The van der Waals surface area contributed by atoms with Crippen LogP contribution in [0.25, 0.3) is 11.1 Å². The minimum absolute atomic E-state index is 0.285. The second-order valence-electron chi connectivity index (χ2n) is 6.80. The fourth-order valence-electron chi connectivity index (χ4n) is 3.27. The van der Waals surface area contributed by atoms with Crippen molar-refractivity contribution in [2.24, 2.45) is 5.92 Å². The van der Waals surface area contributed by atoms with Crippen LogP contribution in [0.2, 0.25) is 0 Å². The van der Waals surface area contributed by atoms with E-state index in [1.165, 1.54) is 16.7 Å². The van der Waals surface area contributed by atoms with Crippen molar-refractivity contribution in [3.8, 4) is 11.1 Å². The van der Waals surface area contributed by atoms with Crippen molar-refractivity contribution in [3.63, 3.8) is 0 Å². The lowest BCUT2D eigenvalue weighted by atomic mass is 9.99. The summed E-state index contributed by atoms with van der Waals surface area (Å²) in [4.78, 5) is 14.5. The van der Waals surface area contributed by atoms with E-state index >= 15 is 0 Å². The molecule has 4 rings (SSSR count). The number of ether oxygens (including phenoxy) is 1. The first-order valence-electron chi connectivity index (χ1n) is 8.83. The minimum Gasteiger partial charge on any atom is -0.379 e. The molecule has 24 heavy (non-hydrogen) atoms. The van der Waals surface area contributed by atoms with Gasteiger partial charge >= 0.3 is 0 Å². The Morgan fingerprint density at radius 2 is 1.75 bits per heavy atom. The van der Waals surface area contributed by atoms with Crippen LogP contribution in [-0.2, 0) is 11.3 Å². The molecule has 1 aliphatic heterocycles. The van der Waals surface area contributed by atoms with E-state index < -0.39 is 0 Å². The van der Waals surface area contributed by atoms with Gasteiger partial charge in [-0.1, -0.05) is 42.5 Å². The van der Waals surface area contributed by atoms with E-state index in [0.717, 1.165) is 51.3 Å². The summed E-state index contributed by atoms with van der Waals surface area (Å²) in [5, 5.41) is 0. The average molecular weight is 321 g/mol. The number of Topliss-reactive ketones (excluding diaryl/α,β-unsaturated/α-hetero) is 1. The lowest BCUT2D eigenvalue weighted by Crippen LogP contribution is -2.35. The van der Waals surface area contributed by atoms with E-state index in [0.29, 0.717) is 5.78 Å². The molecule has 1 saturated heterocycles. The van der Waals surface area contributed by atoms with E-state index in [1.54, 1.807) is 0 Å². The first kappa shape index (κ1) is 15.6. The molecule has 0 amide bonds. The maximum Gasteiger partial charge on any atom is 0.165 e. The molecule has 3 heteroatoms. The van der Waals surface area contributed by atoms with Gasteiger partial charge in [-0.05, 0) is 35.6 Å². The van der Waals surface area contributed by atoms with E-state index in [1.807, 2.05) is 12.1 Å². The van der Waals surface area contributed by atoms with Gasteiger partial charge in [0.25, 0.3) is 0 Å². The predicted octanol–water partition coefficient (Wildman–Crippen LogP) is 3.78. The standard InChI is InChI=1S/C21H23NO2/c23-21(19-8-9-19)18-6-4-17(5-7-18)20-3-1-2-16(14-20)15-22-10-12-24-13-11-22/h1-7,14,19H,8-13,15H2.